The molecule has 0 unspecified atom stereocenters. The molecule has 1 aromatic rings. The van der Waals surface area contributed by atoms with Crippen LogP contribution >= 0.6 is 0 Å². The number of likely N-dealkylation sites (tertiary alicyclic amines) is 1. The van der Waals surface area contributed by atoms with Gasteiger partial charge in [0.25, 0.3) is 0 Å². The number of rotatable bonds is 4. The zero-order valence-electron chi connectivity index (χ0n) is 13.1. The van der Waals surface area contributed by atoms with E-state index in [0.29, 0.717) is 25.9 Å². The Kier molecular flexibility index (Phi) is 3.95. The summed E-state index contributed by atoms with van der Waals surface area (Å²) in [6, 6.07) is 9.31. The fourth-order valence-corrected chi connectivity index (χ4v) is 3.69. The Balaban J connectivity index is 1.55. The van der Waals surface area contributed by atoms with Gasteiger partial charge in [-0.05, 0) is 24.8 Å². The molecule has 1 amide bonds. The first-order valence-electron chi connectivity index (χ1n) is 7.84. The summed E-state index contributed by atoms with van der Waals surface area (Å²) in [5.41, 5.74) is -1.54. The van der Waals surface area contributed by atoms with Crippen LogP contribution in [-0.2, 0) is 20.9 Å². The predicted molar refractivity (Wildman–Crippen MR) is 82.2 cm³/mol. The largest absolute Gasteiger partial charge is 0.480 e. The van der Waals surface area contributed by atoms with E-state index in [-0.39, 0.29) is 13.0 Å². The van der Waals surface area contributed by atoms with Crippen molar-refractivity contribution in [1.82, 2.24) is 4.90 Å². The van der Waals surface area contributed by atoms with Gasteiger partial charge in [-0.2, -0.15) is 0 Å². The quantitative estimate of drug-likeness (QED) is 0.816. The van der Waals surface area contributed by atoms with Crippen molar-refractivity contribution >= 4 is 18.0 Å². The van der Waals surface area contributed by atoms with Crippen molar-refractivity contribution in [3.05, 3.63) is 35.9 Å². The van der Waals surface area contributed by atoms with Crippen LogP contribution in [-0.4, -0.2) is 46.2 Å². The lowest BCUT2D eigenvalue weighted by atomic mass is 9.84. The van der Waals surface area contributed by atoms with Gasteiger partial charge in [0.1, 0.15) is 6.61 Å². The van der Waals surface area contributed by atoms with Gasteiger partial charge in [-0.15, -0.1) is 0 Å². The highest BCUT2D eigenvalue weighted by Crippen LogP contribution is 2.69. The Hall–Kier alpha value is -2.57. The molecule has 7 heteroatoms. The molecule has 2 N–H and O–H groups in total. The number of nitrogens with zero attached hydrogens (tertiary/aromatic N) is 1. The van der Waals surface area contributed by atoms with Gasteiger partial charge in [-0.1, -0.05) is 30.3 Å². The lowest BCUT2D eigenvalue weighted by Gasteiger charge is -2.33. The monoisotopic (exact) mass is 333 g/mol. The van der Waals surface area contributed by atoms with Crippen molar-refractivity contribution < 1.29 is 29.3 Å². The van der Waals surface area contributed by atoms with Crippen LogP contribution in [0.2, 0.25) is 0 Å². The van der Waals surface area contributed by atoms with Crippen molar-refractivity contribution in [2.24, 2.45) is 10.8 Å². The van der Waals surface area contributed by atoms with Crippen LogP contribution in [0, 0.1) is 10.8 Å². The number of aliphatic carboxylic acids is 2. The molecule has 0 bridgehead atoms. The van der Waals surface area contributed by atoms with E-state index >= 15 is 0 Å². The van der Waals surface area contributed by atoms with E-state index in [1.54, 1.807) is 0 Å². The molecule has 1 saturated carbocycles. The van der Waals surface area contributed by atoms with Crippen LogP contribution in [0.3, 0.4) is 0 Å². The molecule has 24 heavy (non-hydrogen) atoms. The third kappa shape index (κ3) is 2.50. The van der Waals surface area contributed by atoms with Gasteiger partial charge in [0.05, 0.1) is 0 Å². The van der Waals surface area contributed by atoms with Crippen LogP contribution in [0.4, 0.5) is 4.79 Å². The number of carbonyl (C=O) groups excluding carboxylic acids is 1. The van der Waals surface area contributed by atoms with E-state index in [9.17, 15) is 24.6 Å². The Morgan fingerprint density at radius 2 is 1.62 bits per heavy atom. The lowest BCUT2D eigenvalue weighted by molar-refractivity contribution is -0.159. The molecule has 1 heterocycles. The third-order valence-electron chi connectivity index (χ3n) is 5.30. The van der Waals surface area contributed by atoms with Crippen LogP contribution in [0.25, 0.3) is 0 Å². The number of ether oxygens (including phenoxy) is 1. The SMILES string of the molecule is O=C(OCc1ccccc1)N1CCC2(CC1)CC2(C(=O)O)C(=O)O. The summed E-state index contributed by atoms with van der Waals surface area (Å²) >= 11 is 0. The summed E-state index contributed by atoms with van der Waals surface area (Å²) in [6.45, 7) is 0.807. The molecule has 2 aliphatic rings. The molecular weight excluding hydrogens is 314 g/mol. The fourth-order valence-electron chi connectivity index (χ4n) is 3.69. The van der Waals surface area contributed by atoms with E-state index in [4.69, 9.17) is 4.74 Å². The maximum absolute atomic E-state index is 12.1. The van der Waals surface area contributed by atoms with Crippen molar-refractivity contribution in [1.29, 1.82) is 0 Å². The van der Waals surface area contributed by atoms with E-state index in [1.807, 2.05) is 30.3 Å². The molecular formula is C17H19NO6. The molecule has 0 radical (unpaired) electrons. The van der Waals surface area contributed by atoms with Gasteiger partial charge >= 0.3 is 18.0 Å². The summed E-state index contributed by atoms with van der Waals surface area (Å²) in [4.78, 5) is 36.4. The number of carbonyl (C=O) groups is 3. The van der Waals surface area contributed by atoms with E-state index in [2.05, 4.69) is 0 Å². The Bertz CT molecular complexity index is 649. The minimum atomic E-state index is -1.69. The van der Waals surface area contributed by atoms with Crippen molar-refractivity contribution in [2.75, 3.05) is 13.1 Å². The summed E-state index contributed by atoms with van der Waals surface area (Å²) in [5.74, 6) is -2.56. The van der Waals surface area contributed by atoms with Gasteiger partial charge in [0, 0.05) is 18.5 Å². The second-order valence-corrected chi connectivity index (χ2v) is 6.50. The molecule has 128 valence electrons. The summed E-state index contributed by atoms with van der Waals surface area (Å²) in [5, 5.41) is 18.6. The molecule has 1 aromatic carbocycles. The third-order valence-corrected chi connectivity index (χ3v) is 5.30. The molecule has 0 aromatic heterocycles. The van der Waals surface area contributed by atoms with Gasteiger partial charge in [0.15, 0.2) is 5.41 Å². The van der Waals surface area contributed by atoms with E-state index in [0.717, 1.165) is 5.56 Å². The molecule has 1 spiro atoms. The van der Waals surface area contributed by atoms with E-state index in [1.165, 1.54) is 4.90 Å². The van der Waals surface area contributed by atoms with Crippen molar-refractivity contribution in [3.8, 4) is 0 Å². The molecule has 1 aliphatic carbocycles. The number of amides is 1. The van der Waals surface area contributed by atoms with Crippen LogP contribution in [0.15, 0.2) is 30.3 Å². The summed E-state index contributed by atoms with van der Waals surface area (Å²) < 4.78 is 5.26. The van der Waals surface area contributed by atoms with Crippen LogP contribution in [0.5, 0.6) is 0 Å². The fraction of sp³-hybridized carbons (Fsp3) is 0.471. The standard InChI is InChI=1S/C17H19NO6/c19-13(20)17(14(21)22)11-16(17)6-8-18(9-7-16)15(23)24-10-12-4-2-1-3-5-12/h1-5H,6-11H2,(H,19,20)(H,21,22). The molecule has 1 saturated heterocycles. The number of carboxylic acid groups (broad SMARTS) is 2. The number of carboxylic acids is 2. The van der Waals surface area contributed by atoms with Gasteiger partial charge in [0.2, 0.25) is 0 Å². The predicted octanol–water partition coefficient (Wildman–Crippen LogP) is 1.96. The van der Waals surface area contributed by atoms with Gasteiger partial charge in [-0.25, -0.2) is 4.79 Å². The summed E-state index contributed by atoms with van der Waals surface area (Å²) in [6.07, 6.45) is 0.418. The molecule has 2 fully saturated rings. The Morgan fingerprint density at radius 1 is 1.04 bits per heavy atom. The van der Waals surface area contributed by atoms with E-state index < -0.39 is 28.9 Å². The van der Waals surface area contributed by atoms with Crippen molar-refractivity contribution in [2.45, 2.75) is 25.9 Å². The molecule has 3 rings (SSSR count). The Labute approximate surface area is 138 Å². The zero-order valence-corrected chi connectivity index (χ0v) is 13.1. The first kappa shape index (κ1) is 16.3. The minimum Gasteiger partial charge on any atom is -0.480 e. The molecule has 7 nitrogen and oxygen atoms in total. The second kappa shape index (κ2) is 5.81. The maximum Gasteiger partial charge on any atom is 0.410 e. The van der Waals surface area contributed by atoms with Gasteiger partial charge in [-0.3, -0.25) is 9.59 Å². The highest BCUT2D eigenvalue weighted by molar-refractivity contribution is 6.03. The molecule has 0 atom stereocenters. The maximum atomic E-state index is 12.1. The zero-order chi connectivity index (χ0) is 17.4. The number of hydrogen-bond acceptors (Lipinski definition) is 4. The first-order chi connectivity index (χ1) is 11.4. The van der Waals surface area contributed by atoms with Crippen LogP contribution in [0.1, 0.15) is 24.8 Å². The first-order valence-corrected chi connectivity index (χ1v) is 7.84. The summed E-state index contributed by atoms with van der Waals surface area (Å²) in [7, 11) is 0. The number of hydrogen-bond donors (Lipinski definition) is 2. The van der Waals surface area contributed by atoms with Crippen LogP contribution < -0.4 is 0 Å². The minimum absolute atomic E-state index is 0.136. The highest BCUT2D eigenvalue weighted by Gasteiger charge is 2.77. The number of piperidine rings is 1. The average Bonchev–Trinajstić information content (AvgIpc) is 3.24. The normalized spacial score (nSPS) is 20.4. The number of benzene rings is 1. The highest BCUT2D eigenvalue weighted by atomic mass is 16.6. The van der Waals surface area contributed by atoms with Crippen molar-refractivity contribution in [3.63, 3.8) is 0 Å². The molecule has 1 aliphatic heterocycles. The smallest absolute Gasteiger partial charge is 0.410 e. The topological polar surface area (TPSA) is 104 Å². The second-order valence-electron chi connectivity index (χ2n) is 6.50. The lowest BCUT2D eigenvalue weighted by Crippen LogP contribution is -2.43. The van der Waals surface area contributed by atoms with Gasteiger partial charge < -0.3 is 19.8 Å². The Morgan fingerprint density at radius 3 is 2.12 bits per heavy atom. The average molecular weight is 333 g/mol.